The molecule has 13 heavy (non-hydrogen) atoms. The molecule has 0 amide bonds. The second-order valence-corrected chi connectivity index (χ2v) is 4.37. The molecule has 2 nitrogen and oxygen atoms in total. The van der Waals surface area contributed by atoms with Gasteiger partial charge in [0, 0.05) is 11.8 Å². The number of carbonyl (C=O) groups excluding carboxylic acids is 1. The number of ether oxygens (including phenoxy) is 1. The molecule has 1 aliphatic rings. The first-order valence-electron chi connectivity index (χ1n) is 5.28. The molecule has 0 aromatic rings. The fourth-order valence-corrected chi connectivity index (χ4v) is 2.35. The van der Waals surface area contributed by atoms with Crippen molar-refractivity contribution in [2.24, 2.45) is 11.3 Å². The Labute approximate surface area is 80.7 Å². The van der Waals surface area contributed by atoms with Crippen LogP contribution in [0.1, 0.15) is 46.5 Å². The lowest BCUT2D eigenvalue weighted by molar-refractivity contribution is -0.159. The Hall–Kier alpha value is -0.530. The van der Waals surface area contributed by atoms with Gasteiger partial charge in [-0.15, -0.1) is 0 Å². The molecular formula is C11H20O2. The summed E-state index contributed by atoms with van der Waals surface area (Å²) in [6.07, 6.45) is 4.04. The SMILES string of the molecule is CCCC1(C)COC(=O)CC1CC. The van der Waals surface area contributed by atoms with Crippen LogP contribution in [0.25, 0.3) is 0 Å². The van der Waals surface area contributed by atoms with Gasteiger partial charge < -0.3 is 4.74 Å². The van der Waals surface area contributed by atoms with Crippen LogP contribution in [-0.2, 0) is 9.53 Å². The van der Waals surface area contributed by atoms with Gasteiger partial charge in [0.25, 0.3) is 0 Å². The molecule has 1 rings (SSSR count). The van der Waals surface area contributed by atoms with Crippen molar-refractivity contribution in [1.82, 2.24) is 0 Å². The molecule has 2 atom stereocenters. The number of carbonyl (C=O) groups is 1. The van der Waals surface area contributed by atoms with E-state index in [1.807, 2.05) is 0 Å². The summed E-state index contributed by atoms with van der Waals surface area (Å²) >= 11 is 0. The van der Waals surface area contributed by atoms with Crippen LogP contribution in [0, 0.1) is 11.3 Å². The van der Waals surface area contributed by atoms with Gasteiger partial charge in [0.2, 0.25) is 0 Å². The highest BCUT2D eigenvalue weighted by Crippen LogP contribution is 2.40. The Morgan fingerprint density at radius 2 is 2.23 bits per heavy atom. The molecule has 2 heteroatoms. The van der Waals surface area contributed by atoms with Crippen molar-refractivity contribution in [3.63, 3.8) is 0 Å². The zero-order chi connectivity index (χ0) is 9.90. The molecule has 0 aromatic carbocycles. The average molecular weight is 184 g/mol. The van der Waals surface area contributed by atoms with Gasteiger partial charge in [-0.25, -0.2) is 0 Å². The predicted molar refractivity (Wildman–Crippen MR) is 52.4 cm³/mol. The van der Waals surface area contributed by atoms with E-state index < -0.39 is 0 Å². The molecule has 1 aliphatic heterocycles. The van der Waals surface area contributed by atoms with Crippen molar-refractivity contribution >= 4 is 5.97 Å². The second kappa shape index (κ2) is 4.12. The van der Waals surface area contributed by atoms with Crippen molar-refractivity contribution in [1.29, 1.82) is 0 Å². The summed E-state index contributed by atoms with van der Waals surface area (Å²) in [6, 6.07) is 0. The van der Waals surface area contributed by atoms with Crippen LogP contribution in [0.5, 0.6) is 0 Å². The fourth-order valence-electron chi connectivity index (χ4n) is 2.35. The molecule has 0 radical (unpaired) electrons. The van der Waals surface area contributed by atoms with Crippen molar-refractivity contribution in [3.8, 4) is 0 Å². The summed E-state index contributed by atoms with van der Waals surface area (Å²) in [5, 5.41) is 0. The largest absolute Gasteiger partial charge is 0.465 e. The Morgan fingerprint density at radius 1 is 1.54 bits per heavy atom. The van der Waals surface area contributed by atoms with Crippen LogP contribution < -0.4 is 0 Å². The summed E-state index contributed by atoms with van der Waals surface area (Å²) in [6.45, 7) is 7.22. The van der Waals surface area contributed by atoms with Crippen LogP contribution >= 0.6 is 0 Å². The highest BCUT2D eigenvalue weighted by Gasteiger charge is 2.38. The molecule has 0 aromatic heterocycles. The number of esters is 1. The van der Waals surface area contributed by atoms with Crippen LogP contribution in [0.15, 0.2) is 0 Å². The van der Waals surface area contributed by atoms with Gasteiger partial charge in [-0.1, -0.05) is 33.6 Å². The van der Waals surface area contributed by atoms with Crippen LogP contribution in [-0.4, -0.2) is 12.6 Å². The van der Waals surface area contributed by atoms with Crippen molar-refractivity contribution < 1.29 is 9.53 Å². The second-order valence-electron chi connectivity index (χ2n) is 4.37. The smallest absolute Gasteiger partial charge is 0.306 e. The fraction of sp³-hybridized carbons (Fsp3) is 0.909. The van der Waals surface area contributed by atoms with Gasteiger partial charge >= 0.3 is 5.97 Å². The molecule has 2 unspecified atom stereocenters. The van der Waals surface area contributed by atoms with Gasteiger partial charge in [0.15, 0.2) is 0 Å². The molecule has 0 bridgehead atoms. The first-order chi connectivity index (χ1) is 6.12. The summed E-state index contributed by atoms with van der Waals surface area (Å²) in [5.41, 5.74) is 0.234. The monoisotopic (exact) mass is 184 g/mol. The third-order valence-corrected chi connectivity index (χ3v) is 3.28. The van der Waals surface area contributed by atoms with Gasteiger partial charge in [-0.05, 0) is 12.3 Å². The van der Waals surface area contributed by atoms with Gasteiger partial charge in [0.1, 0.15) is 0 Å². The minimum Gasteiger partial charge on any atom is -0.465 e. The Kier molecular flexibility index (Phi) is 3.34. The highest BCUT2D eigenvalue weighted by molar-refractivity contribution is 5.70. The lowest BCUT2D eigenvalue weighted by Gasteiger charge is -2.40. The maximum atomic E-state index is 11.1. The topological polar surface area (TPSA) is 26.3 Å². The van der Waals surface area contributed by atoms with Crippen LogP contribution in [0.4, 0.5) is 0 Å². The first kappa shape index (κ1) is 10.6. The number of hydrogen-bond donors (Lipinski definition) is 0. The predicted octanol–water partition coefficient (Wildman–Crippen LogP) is 2.77. The lowest BCUT2D eigenvalue weighted by atomic mass is 9.70. The van der Waals surface area contributed by atoms with Crippen molar-refractivity contribution in [2.45, 2.75) is 46.5 Å². The summed E-state index contributed by atoms with van der Waals surface area (Å²) < 4.78 is 5.14. The van der Waals surface area contributed by atoms with E-state index in [4.69, 9.17) is 4.74 Å². The van der Waals surface area contributed by atoms with Gasteiger partial charge in [0.05, 0.1) is 6.61 Å². The van der Waals surface area contributed by atoms with E-state index in [1.165, 1.54) is 12.8 Å². The molecule has 1 heterocycles. The lowest BCUT2D eigenvalue weighted by Crippen LogP contribution is -2.39. The summed E-state index contributed by atoms with van der Waals surface area (Å²) in [4.78, 5) is 11.1. The Morgan fingerprint density at radius 3 is 2.77 bits per heavy atom. The van der Waals surface area contributed by atoms with Gasteiger partial charge in [-0.3, -0.25) is 4.79 Å². The maximum Gasteiger partial charge on any atom is 0.306 e. The summed E-state index contributed by atoms with van der Waals surface area (Å²) in [5.74, 6) is 0.508. The summed E-state index contributed by atoms with van der Waals surface area (Å²) in [7, 11) is 0. The molecule has 76 valence electrons. The zero-order valence-corrected chi connectivity index (χ0v) is 8.93. The molecule has 0 spiro atoms. The average Bonchev–Trinajstić information content (AvgIpc) is 2.10. The minimum absolute atomic E-state index is 0.0135. The van der Waals surface area contributed by atoms with E-state index in [0.29, 0.717) is 18.9 Å². The molecule has 1 saturated heterocycles. The molecule has 1 fully saturated rings. The van der Waals surface area contributed by atoms with E-state index in [-0.39, 0.29) is 11.4 Å². The third kappa shape index (κ3) is 2.23. The van der Waals surface area contributed by atoms with E-state index in [1.54, 1.807) is 0 Å². The highest BCUT2D eigenvalue weighted by atomic mass is 16.5. The first-order valence-corrected chi connectivity index (χ1v) is 5.28. The standard InChI is InChI=1S/C11H20O2/c1-4-6-11(3)8-13-10(12)7-9(11)5-2/h9H,4-8H2,1-3H3. The normalized spacial score (nSPS) is 34.4. The molecular weight excluding hydrogens is 164 g/mol. The quantitative estimate of drug-likeness (QED) is 0.630. The van der Waals surface area contributed by atoms with Gasteiger partial charge in [-0.2, -0.15) is 0 Å². The van der Waals surface area contributed by atoms with E-state index in [0.717, 1.165) is 6.42 Å². The third-order valence-electron chi connectivity index (χ3n) is 3.28. The molecule has 0 saturated carbocycles. The maximum absolute atomic E-state index is 11.1. The number of rotatable bonds is 3. The number of hydrogen-bond acceptors (Lipinski definition) is 2. The number of cyclic esters (lactones) is 1. The zero-order valence-electron chi connectivity index (χ0n) is 8.93. The Bertz CT molecular complexity index is 189. The van der Waals surface area contributed by atoms with E-state index >= 15 is 0 Å². The molecule has 0 aliphatic carbocycles. The minimum atomic E-state index is -0.0135. The van der Waals surface area contributed by atoms with E-state index in [2.05, 4.69) is 20.8 Å². The van der Waals surface area contributed by atoms with E-state index in [9.17, 15) is 4.79 Å². The van der Waals surface area contributed by atoms with Crippen LogP contribution in [0.3, 0.4) is 0 Å². The molecule has 0 N–H and O–H groups in total. The van der Waals surface area contributed by atoms with Crippen molar-refractivity contribution in [3.05, 3.63) is 0 Å². The van der Waals surface area contributed by atoms with Crippen LogP contribution in [0.2, 0.25) is 0 Å². The Balaban J connectivity index is 2.65. The van der Waals surface area contributed by atoms with Crippen molar-refractivity contribution in [2.75, 3.05) is 6.61 Å².